The predicted octanol–water partition coefficient (Wildman–Crippen LogP) is 2.91. The first-order chi connectivity index (χ1) is 8.54. The van der Waals surface area contributed by atoms with Crippen LogP contribution in [-0.2, 0) is 13.4 Å². The Kier molecular flexibility index (Phi) is 33.8. The highest BCUT2D eigenvalue weighted by Gasteiger charge is 2.13. The second-order valence-electron chi connectivity index (χ2n) is 3.73. The lowest BCUT2D eigenvalue weighted by Gasteiger charge is -1.98. The topological polar surface area (TPSA) is 183 Å². The standard InChI is InChI=1S/C10H22O.2H3N.O5P2/c1-2-3-4-5-6-7-8-9-10-11;;;1-6(2)5-7(3)4/h11H,2-10H2,1H3;2*1H3;/p+2. The number of unbranched alkanes of at least 4 members (excludes halogenated alkanes) is 7. The van der Waals surface area contributed by atoms with E-state index in [1.807, 2.05) is 0 Å². The van der Waals surface area contributed by atoms with E-state index in [1.165, 1.54) is 44.9 Å². The zero-order chi connectivity index (χ0) is 14.2. The number of rotatable bonds is 10. The van der Waals surface area contributed by atoms with Crippen LogP contribution in [-0.4, -0.2) is 11.7 Å². The first-order valence-electron chi connectivity index (χ1n) is 6.12. The minimum atomic E-state index is -3.24. The average molecular weight is 336 g/mol. The Bertz CT molecular complexity index is 202. The van der Waals surface area contributed by atoms with Crippen molar-refractivity contribution in [2.45, 2.75) is 58.3 Å². The number of quaternary nitrogens is 2. The molecule has 20 heavy (non-hydrogen) atoms. The number of hydrogen-bond donors (Lipinski definition) is 3. The number of hydrogen-bond acceptors (Lipinski definition) is 6. The molecule has 0 rings (SSSR count). The molecule has 0 heterocycles. The lowest BCUT2D eigenvalue weighted by molar-refractivity contribution is -0.198. The van der Waals surface area contributed by atoms with E-state index in [9.17, 15) is 18.9 Å². The van der Waals surface area contributed by atoms with Crippen LogP contribution in [0.25, 0.3) is 0 Å². The van der Waals surface area contributed by atoms with Crippen molar-refractivity contribution in [2.24, 2.45) is 0 Å². The second-order valence-corrected chi connectivity index (χ2v) is 5.27. The molecular weight excluding hydrogens is 306 g/mol. The summed E-state index contributed by atoms with van der Waals surface area (Å²) in [7, 11) is -6.47. The molecule has 0 aliphatic rings. The zero-order valence-corrected chi connectivity index (χ0v) is 14.5. The van der Waals surface area contributed by atoms with Crippen LogP contribution in [0.5, 0.6) is 0 Å². The van der Waals surface area contributed by atoms with Gasteiger partial charge >= 0.3 is 16.5 Å². The van der Waals surface area contributed by atoms with E-state index in [4.69, 9.17) is 5.11 Å². The summed E-state index contributed by atoms with van der Waals surface area (Å²) in [5.74, 6) is 0. The Labute approximate surface area is 123 Å². The number of aliphatic hydroxyl groups is 1. The predicted molar refractivity (Wildman–Crippen MR) is 78.0 cm³/mol. The Morgan fingerprint density at radius 3 is 1.45 bits per heavy atom. The van der Waals surface area contributed by atoms with Crippen LogP contribution in [0.4, 0.5) is 0 Å². The molecule has 8 nitrogen and oxygen atoms in total. The van der Waals surface area contributed by atoms with Gasteiger partial charge in [-0.25, -0.2) is 0 Å². The maximum absolute atomic E-state index is 9.24. The zero-order valence-electron chi connectivity index (χ0n) is 12.7. The molecule has 0 fully saturated rings. The molecule has 2 unspecified atom stereocenters. The van der Waals surface area contributed by atoms with Crippen molar-refractivity contribution in [3.05, 3.63) is 0 Å². The summed E-state index contributed by atoms with van der Waals surface area (Å²) in [6.45, 7) is 2.61. The van der Waals surface area contributed by atoms with Crippen LogP contribution in [0.2, 0.25) is 0 Å². The fourth-order valence-corrected chi connectivity index (χ4v) is 1.74. The molecule has 10 heteroatoms. The van der Waals surface area contributed by atoms with Crippen molar-refractivity contribution in [2.75, 3.05) is 6.61 Å². The summed E-state index contributed by atoms with van der Waals surface area (Å²) in [6, 6.07) is 0. The van der Waals surface area contributed by atoms with Crippen LogP contribution in [0.15, 0.2) is 0 Å². The van der Waals surface area contributed by atoms with Crippen molar-refractivity contribution < 1.29 is 28.3 Å². The smallest absolute Gasteiger partial charge is 0.543 e. The molecule has 124 valence electrons. The molecule has 0 aromatic heterocycles. The fourth-order valence-electron chi connectivity index (χ4n) is 1.30. The van der Waals surface area contributed by atoms with Gasteiger partial charge in [0.1, 0.15) is 4.31 Å². The normalized spacial score (nSPS) is 10.4. The fraction of sp³-hybridized carbons (Fsp3) is 1.00. The molecule has 0 saturated carbocycles. The molecule has 0 amide bonds. The SMILES string of the molecule is CCCCCCCCCCO.O=[P+]([O-])O[P+](=O)[O-].[NH4+].[NH4+]. The Morgan fingerprint density at radius 1 is 0.850 bits per heavy atom. The van der Waals surface area contributed by atoms with Gasteiger partial charge in [0, 0.05) is 6.61 Å². The summed E-state index contributed by atoms with van der Waals surface area (Å²) < 4.78 is 21.6. The van der Waals surface area contributed by atoms with Gasteiger partial charge in [-0.3, -0.25) is 0 Å². The molecule has 0 spiro atoms. The monoisotopic (exact) mass is 336 g/mol. The lowest BCUT2D eigenvalue weighted by atomic mass is 10.1. The highest BCUT2D eigenvalue weighted by Crippen LogP contribution is 2.24. The first-order valence-corrected chi connectivity index (χ1v) is 8.31. The van der Waals surface area contributed by atoms with Gasteiger partial charge in [0.05, 0.1) is 0 Å². The van der Waals surface area contributed by atoms with Gasteiger partial charge < -0.3 is 27.2 Å². The van der Waals surface area contributed by atoms with Gasteiger partial charge in [0.2, 0.25) is 0 Å². The molecule has 0 radical (unpaired) electrons. The molecule has 0 aliphatic heterocycles. The molecule has 0 aromatic carbocycles. The summed E-state index contributed by atoms with van der Waals surface area (Å²) in [4.78, 5) is 18.5. The molecule has 0 aliphatic carbocycles. The Hall–Kier alpha value is -0.0400. The van der Waals surface area contributed by atoms with E-state index < -0.39 is 16.5 Å². The quantitative estimate of drug-likeness (QED) is 0.406. The largest absolute Gasteiger partial charge is 0.563 e. The van der Waals surface area contributed by atoms with Crippen LogP contribution >= 0.6 is 16.5 Å². The summed E-state index contributed by atoms with van der Waals surface area (Å²) in [5.41, 5.74) is 0. The summed E-state index contributed by atoms with van der Waals surface area (Å²) in [5, 5.41) is 8.51. The third-order valence-corrected chi connectivity index (χ3v) is 3.21. The van der Waals surface area contributed by atoms with Crippen molar-refractivity contribution in [1.29, 1.82) is 0 Å². The van der Waals surface area contributed by atoms with Crippen LogP contribution in [0, 0.1) is 0 Å². The van der Waals surface area contributed by atoms with Crippen molar-refractivity contribution in [3.8, 4) is 0 Å². The summed E-state index contributed by atoms with van der Waals surface area (Å²) >= 11 is 0. The maximum atomic E-state index is 9.24. The Morgan fingerprint density at radius 2 is 1.20 bits per heavy atom. The maximum Gasteiger partial charge on any atom is 0.543 e. The third-order valence-electron chi connectivity index (χ3n) is 2.15. The van der Waals surface area contributed by atoms with Gasteiger partial charge in [-0.2, -0.15) is 0 Å². The second kappa shape index (κ2) is 24.0. The van der Waals surface area contributed by atoms with Crippen LogP contribution in [0.1, 0.15) is 58.3 Å². The molecule has 2 atom stereocenters. The van der Waals surface area contributed by atoms with Crippen LogP contribution in [0.3, 0.4) is 0 Å². The van der Waals surface area contributed by atoms with Crippen molar-refractivity contribution in [3.63, 3.8) is 0 Å². The Balaban J connectivity index is -0.000000126. The molecular formula is C10H30N2O6P2+2. The molecule has 0 bridgehead atoms. The van der Waals surface area contributed by atoms with E-state index in [-0.39, 0.29) is 12.3 Å². The highest BCUT2D eigenvalue weighted by atomic mass is 31.2. The van der Waals surface area contributed by atoms with E-state index >= 15 is 0 Å². The summed E-state index contributed by atoms with van der Waals surface area (Å²) in [6.07, 6.45) is 10.4. The average Bonchev–Trinajstić information content (AvgIpc) is 2.27. The highest BCUT2D eigenvalue weighted by molar-refractivity contribution is 7.44. The minimum absolute atomic E-state index is 0. The van der Waals surface area contributed by atoms with E-state index in [2.05, 4.69) is 11.2 Å². The van der Waals surface area contributed by atoms with Gasteiger partial charge in [-0.05, 0) is 15.6 Å². The van der Waals surface area contributed by atoms with Gasteiger partial charge in [-0.1, -0.05) is 51.9 Å². The van der Waals surface area contributed by atoms with Crippen molar-refractivity contribution in [1.82, 2.24) is 12.3 Å². The molecule has 0 aromatic rings. The lowest BCUT2D eigenvalue weighted by Crippen LogP contribution is -1.90. The third kappa shape index (κ3) is 36.1. The number of aliphatic hydroxyl groups excluding tert-OH is 1. The van der Waals surface area contributed by atoms with Gasteiger partial charge in [0.25, 0.3) is 0 Å². The first kappa shape index (κ1) is 28.2. The van der Waals surface area contributed by atoms with E-state index in [1.54, 1.807) is 0 Å². The van der Waals surface area contributed by atoms with Gasteiger partial charge in [0.15, 0.2) is 0 Å². The van der Waals surface area contributed by atoms with E-state index in [0.717, 1.165) is 6.42 Å². The van der Waals surface area contributed by atoms with Crippen molar-refractivity contribution >= 4 is 16.5 Å². The van der Waals surface area contributed by atoms with Crippen LogP contribution < -0.4 is 22.1 Å². The van der Waals surface area contributed by atoms with Gasteiger partial charge in [-0.15, -0.1) is 0 Å². The molecule has 9 N–H and O–H groups in total. The van der Waals surface area contributed by atoms with E-state index in [0.29, 0.717) is 6.61 Å². The minimum Gasteiger partial charge on any atom is -0.563 e. The molecule has 0 saturated heterocycles.